The highest BCUT2D eigenvalue weighted by Crippen LogP contribution is 2.26. The van der Waals surface area contributed by atoms with E-state index in [0.717, 1.165) is 44.1 Å². The van der Waals surface area contributed by atoms with Crippen LogP contribution in [-0.2, 0) is 6.42 Å². The second kappa shape index (κ2) is 11.0. The molecule has 3 rings (SSSR count). The van der Waals surface area contributed by atoms with Gasteiger partial charge in [0.25, 0.3) is 0 Å². The summed E-state index contributed by atoms with van der Waals surface area (Å²) in [5.41, 5.74) is 2.55. The number of thiocarbonyl (C=S) groups is 1. The summed E-state index contributed by atoms with van der Waals surface area (Å²) < 4.78 is 10.5. The van der Waals surface area contributed by atoms with Crippen LogP contribution in [0.15, 0.2) is 48.5 Å². The Hall–Kier alpha value is -2.31. The molecule has 0 aromatic heterocycles. The second-order valence-corrected chi connectivity index (χ2v) is 7.68. The van der Waals surface area contributed by atoms with Gasteiger partial charge in [0.15, 0.2) is 5.11 Å². The standard InChI is InChI=1S/C23H31N3O2S/c1-27-20-9-5-18(6-10-20)13-14-24-23(29)25-17-22(26-15-3-4-16-26)19-7-11-21(28-2)12-8-19/h5-12,22H,3-4,13-17H2,1-2H3,(H2,24,25,29). The van der Waals surface area contributed by atoms with Crippen molar-refractivity contribution in [2.75, 3.05) is 40.4 Å². The third-order valence-electron chi connectivity index (χ3n) is 5.40. The van der Waals surface area contributed by atoms with Crippen LogP contribution in [0.3, 0.4) is 0 Å². The number of nitrogens with zero attached hydrogens (tertiary/aromatic N) is 1. The molecular weight excluding hydrogens is 382 g/mol. The van der Waals surface area contributed by atoms with Gasteiger partial charge in [0.05, 0.1) is 20.3 Å². The monoisotopic (exact) mass is 413 g/mol. The van der Waals surface area contributed by atoms with Gasteiger partial charge in [0.2, 0.25) is 0 Å². The lowest BCUT2D eigenvalue weighted by atomic mass is 10.1. The predicted molar refractivity (Wildman–Crippen MR) is 122 cm³/mol. The van der Waals surface area contributed by atoms with Gasteiger partial charge in [0.1, 0.15) is 11.5 Å². The Morgan fingerprint density at radius 3 is 2.10 bits per heavy atom. The molecule has 0 radical (unpaired) electrons. The van der Waals surface area contributed by atoms with Crippen LogP contribution in [0.1, 0.15) is 30.0 Å². The van der Waals surface area contributed by atoms with Crippen molar-refractivity contribution in [2.45, 2.75) is 25.3 Å². The number of hydrogen-bond donors (Lipinski definition) is 2. The van der Waals surface area contributed by atoms with Gasteiger partial charge in [-0.1, -0.05) is 24.3 Å². The molecule has 156 valence electrons. The third kappa shape index (κ3) is 6.34. The van der Waals surface area contributed by atoms with Gasteiger partial charge in [-0.25, -0.2) is 0 Å². The zero-order chi connectivity index (χ0) is 20.5. The summed E-state index contributed by atoms with van der Waals surface area (Å²) in [5, 5.41) is 7.45. The van der Waals surface area contributed by atoms with Crippen molar-refractivity contribution in [3.05, 3.63) is 59.7 Å². The number of rotatable bonds is 9. The highest BCUT2D eigenvalue weighted by atomic mass is 32.1. The van der Waals surface area contributed by atoms with Crippen molar-refractivity contribution in [1.82, 2.24) is 15.5 Å². The minimum absolute atomic E-state index is 0.310. The van der Waals surface area contributed by atoms with Gasteiger partial charge in [-0.3, -0.25) is 4.90 Å². The molecule has 0 bridgehead atoms. The first kappa shape index (κ1) is 21.4. The van der Waals surface area contributed by atoms with Crippen molar-refractivity contribution < 1.29 is 9.47 Å². The Bertz CT molecular complexity index is 759. The highest BCUT2D eigenvalue weighted by Gasteiger charge is 2.23. The SMILES string of the molecule is COc1ccc(CCNC(=S)NCC(c2ccc(OC)cc2)N2CCCC2)cc1. The molecular formula is C23H31N3O2S. The quantitative estimate of drug-likeness (QED) is 0.613. The first-order valence-corrected chi connectivity index (χ1v) is 10.6. The van der Waals surface area contributed by atoms with E-state index in [4.69, 9.17) is 21.7 Å². The molecule has 1 heterocycles. The van der Waals surface area contributed by atoms with Crippen molar-refractivity contribution in [3.8, 4) is 11.5 Å². The maximum atomic E-state index is 5.51. The number of nitrogens with one attached hydrogen (secondary N) is 2. The van der Waals surface area contributed by atoms with Crippen LogP contribution < -0.4 is 20.1 Å². The first-order chi connectivity index (χ1) is 14.2. The lowest BCUT2D eigenvalue weighted by Crippen LogP contribution is -2.42. The van der Waals surface area contributed by atoms with E-state index in [2.05, 4.69) is 39.8 Å². The molecule has 5 nitrogen and oxygen atoms in total. The Morgan fingerprint density at radius 2 is 1.52 bits per heavy atom. The lowest BCUT2D eigenvalue weighted by Gasteiger charge is -2.29. The number of benzene rings is 2. The van der Waals surface area contributed by atoms with Crippen LogP contribution in [0.25, 0.3) is 0 Å². The molecule has 2 N–H and O–H groups in total. The summed E-state index contributed by atoms with van der Waals surface area (Å²) in [7, 11) is 3.38. The molecule has 0 spiro atoms. The van der Waals surface area contributed by atoms with E-state index in [1.54, 1.807) is 14.2 Å². The molecule has 1 saturated heterocycles. The van der Waals surface area contributed by atoms with Gasteiger partial charge in [-0.2, -0.15) is 0 Å². The fourth-order valence-corrected chi connectivity index (χ4v) is 3.89. The molecule has 0 saturated carbocycles. The van der Waals surface area contributed by atoms with E-state index in [1.807, 2.05) is 24.3 Å². The maximum Gasteiger partial charge on any atom is 0.166 e. The Morgan fingerprint density at radius 1 is 0.931 bits per heavy atom. The first-order valence-electron chi connectivity index (χ1n) is 10.2. The van der Waals surface area contributed by atoms with Crippen LogP contribution in [0.4, 0.5) is 0 Å². The molecule has 2 aromatic rings. The molecule has 2 aromatic carbocycles. The molecule has 1 aliphatic rings. The van der Waals surface area contributed by atoms with E-state index in [-0.39, 0.29) is 0 Å². The summed E-state index contributed by atoms with van der Waals surface area (Å²) in [6.45, 7) is 3.86. The summed E-state index contributed by atoms with van der Waals surface area (Å²) >= 11 is 5.51. The van der Waals surface area contributed by atoms with Crippen molar-refractivity contribution in [3.63, 3.8) is 0 Å². The zero-order valence-corrected chi connectivity index (χ0v) is 18.1. The Kier molecular flexibility index (Phi) is 8.14. The molecule has 29 heavy (non-hydrogen) atoms. The van der Waals surface area contributed by atoms with Crippen molar-refractivity contribution in [1.29, 1.82) is 0 Å². The number of likely N-dealkylation sites (tertiary alicyclic amines) is 1. The van der Waals surface area contributed by atoms with Crippen molar-refractivity contribution in [2.24, 2.45) is 0 Å². The number of hydrogen-bond acceptors (Lipinski definition) is 4. The predicted octanol–water partition coefficient (Wildman–Crippen LogP) is 3.55. The van der Waals surface area contributed by atoms with Gasteiger partial charge in [-0.15, -0.1) is 0 Å². The minimum atomic E-state index is 0.310. The Labute approximate surface area is 179 Å². The van der Waals surface area contributed by atoms with E-state index in [0.29, 0.717) is 11.2 Å². The molecule has 1 fully saturated rings. The average Bonchev–Trinajstić information content (AvgIpc) is 3.29. The van der Waals surface area contributed by atoms with Crippen LogP contribution >= 0.6 is 12.2 Å². The van der Waals surface area contributed by atoms with E-state index in [9.17, 15) is 0 Å². The summed E-state index contributed by atoms with van der Waals surface area (Å²) in [6.07, 6.45) is 3.44. The van der Waals surface area contributed by atoms with E-state index >= 15 is 0 Å². The van der Waals surface area contributed by atoms with Gasteiger partial charge in [0, 0.05) is 13.1 Å². The summed E-state index contributed by atoms with van der Waals surface area (Å²) in [4.78, 5) is 2.54. The minimum Gasteiger partial charge on any atom is -0.497 e. The van der Waals surface area contributed by atoms with Crippen LogP contribution in [0.2, 0.25) is 0 Å². The smallest absolute Gasteiger partial charge is 0.166 e. The normalized spacial score (nSPS) is 15.0. The van der Waals surface area contributed by atoms with Gasteiger partial charge in [-0.05, 0) is 80.0 Å². The average molecular weight is 414 g/mol. The van der Waals surface area contributed by atoms with Gasteiger partial charge < -0.3 is 20.1 Å². The largest absolute Gasteiger partial charge is 0.497 e. The zero-order valence-electron chi connectivity index (χ0n) is 17.3. The maximum absolute atomic E-state index is 5.51. The van der Waals surface area contributed by atoms with Crippen molar-refractivity contribution >= 4 is 17.3 Å². The number of methoxy groups -OCH3 is 2. The third-order valence-corrected chi connectivity index (χ3v) is 5.68. The molecule has 6 heteroatoms. The fourth-order valence-electron chi connectivity index (χ4n) is 3.70. The molecule has 1 aliphatic heterocycles. The molecule has 0 amide bonds. The van der Waals surface area contributed by atoms with Gasteiger partial charge >= 0.3 is 0 Å². The second-order valence-electron chi connectivity index (χ2n) is 7.27. The van der Waals surface area contributed by atoms with Crippen LogP contribution in [0.5, 0.6) is 11.5 Å². The fraction of sp³-hybridized carbons (Fsp3) is 0.435. The molecule has 0 aliphatic carbocycles. The highest BCUT2D eigenvalue weighted by molar-refractivity contribution is 7.80. The topological polar surface area (TPSA) is 45.8 Å². The van der Waals surface area contributed by atoms with E-state index < -0.39 is 0 Å². The Balaban J connectivity index is 1.49. The lowest BCUT2D eigenvalue weighted by molar-refractivity contribution is 0.245. The summed E-state index contributed by atoms with van der Waals surface area (Å²) in [6, 6.07) is 16.8. The number of ether oxygens (including phenoxy) is 2. The molecule has 1 unspecified atom stereocenters. The van der Waals surface area contributed by atoms with Crippen LogP contribution in [0, 0.1) is 0 Å². The van der Waals surface area contributed by atoms with Crippen LogP contribution in [-0.4, -0.2) is 50.4 Å². The summed E-state index contributed by atoms with van der Waals surface area (Å²) in [5.74, 6) is 1.77. The van der Waals surface area contributed by atoms with E-state index in [1.165, 1.54) is 24.0 Å². The molecule has 1 atom stereocenters.